The van der Waals surface area contributed by atoms with E-state index in [1.165, 1.54) is 6.33 Å². The van der Waals surface area contributed by atoms with Gasteiger partial charge in [0.25, 0.3) is 0 Å². The van der Waals surface area contributed by atoms with Gasteiger partial charge in [-0.2, -0.15) is 5.10 Å². The molecule has 0 aliphatic heterocycles. The van der Waals surface area contributed by atoms with Crippen molar-refractivity contribution in [3.8, 4) is 5.75 Å². The largest absolute Gasteiger partial charge is 0.487 e. The summed E-state index contributed by atoms with van der Waals surface area (Å²) in [6.07, 6.45) is 3.25. The molecule has 0 bridgehead atoms. The van der Waals surface area contributed by atoms with Crippen LogP contribution in [0, 0.1) is 6.92 Å². The van der Waals surface area contributed by atoms with Crippen LogP contribution in [0.5, 0.6) is 5.75 Å². The fourth-order valence-electron chi connectivity index (χ4n) is 1.98. The predicted octanol–water partition coefficient (Wildman–Crippen LogP) is 3.27. The normalized spacial score (nSPS) is 10.8. The Kier molecular flexibility index (Phi) is 3.09. The van der Waals surface area contributed by atoms with Crippen LogP contribution in [-0.4, -0.2) is 14.6 Å². The Morgan fingerprint density at radius 3 is 2.79 bits per heavy atom. The van der Waals surface area contributed by atoms with Crippen LogP contribution in [0.3, 0.4) is 0 Å². The van der Waals surface area contributed by atoms with Crippen molar-refractivity contribution in [2.45, 2.75) is 13.5 Å². The molecule has 96 valence electrons. The second-order valence-corrected chi connectivity index (χ2v) is 4.59. The molecule has 5 heteroatoms. The molecule has 0 N–H and O–H groups in total. The van der Waals surface area contributed by atoms with Gasteiger partial charge >= 0.3 is 0 Å². The molecule has 0 spiro atoms. The zero-order valence-electron chi connectivity index (χ0n) is 10.4. The van der Waals surface area contributed by atoms with Crippen molar-refractivity contribution in [1.29, 1.82) is 0 Å². The average Bonchev–Trinajstić information content (AvgIpc) is 2.76. The fraction of sp³-hybridized carbons (Fsp3) is 0.143. The molecule has 19 heavy (non-hydrogen) atoms. The number of rotatable bonds is 3. The lowest BCUT2D eigenvalue weighted by atomic mass is 10.2. The zero-order valence-corrected chi connectivity index (χ0v) is 11.1. The Balaban J connectivity index is 1.90. The molecule has 2 heterocycles. The van der Waals surface area contributed by atoms with Gasteiger partial charge < -0.3 is 4.74 Å². The van der Waals surface area contributed by atoms with Gasteiger partial charge in [-0.15, -0.1) is 0 Å². The van der Waals surface area contributed by atoms with E-state index in [1.807, 2.05) is 43.5 Å². The van der Waals surface area contributed by atoms with Crippen LogP contribution in [0.15, 0.2) is 42.9 Å². The van der Waals surface area contributed by atoms with Gasteiger partial charge in [-0.05, 0) is 12.5 Å². The van der Waals surface area contributed by atoms with Gasteiger partial charge in [-0.25, -0.2) is 9.50 Å². The summed E-state index contributed by atoms with van der Waals surface area (Å²) in [5, 5.41) is 4.55. The number of nitrogens with zero attached hydrogens (tertiary/aromatic N) is 3. The summed E-state index contributed by atoms with van der Waals surface area (Å²) >= 11 is 6.07. The lowest BCUT2D eigenvalue weighted by Crippen LogP contribution is -1.94. The van der Waals surface area contributed by atoms with Crippen molar-refractivity contribution in [2.75, 3.05) is 0 Å². The van der Waals surface area contributed by atoms with E-state index in [9.17, 15) is 0 Å². The maximum atomic E-state index is 6.07. The van der Waals surface area contributed by atoms with Crippen LogP contribution in [-0.2, 0) is 6.61 Å². The maximum Gasteiger partial charge on any atom is 0.157 e. The Bertz CT molecular complexity index is 709. The molecule has 0 aliphatic carbocycles. The van der Waals surface area contributed by atoms with Crippen LogP contribution in [0.25, 0.3) is 5.52 Å². The highest BCUT2D eigenvalue weighted by molar-refractivity contribution is 6.32. The van der Waals surface area contributed by atoms with Crippen molar-refractivity contribution < 1.29 is 4.74 Å². The molecular formula is C14H12ClN3O. The SMILES string of the molecule is Cc1c(OCc2ccccc2)cn2ncnc(Cl)c12. The third-order valence-electron chi connectivity index (χ3n) is 2.97. The second-order valence-electron chi connectivity index (χ2n) is 4.24. The summed E-state index contributed by atoms with van der Waals surface area (Å²) in [6.45, 7) is 2.47. The lowest BCUT2D eigenvalue weighted by molar-refractivity contribution is 0.304. The summed E-state index contributed by atoms with van der Waals surface area (Å²) in [5.74, 6) is 0.770. The number of hydrogen-bond acceptors (Lipinski definition) is 3. The molecule has 0 radical (unpaired) electrons. The zero-order chi connectivity index (χ0) is 13.2. The first-order valence-corrected chi connectivity index (χ1v) is 6.28. The van der Waals surface area contributed by atoms with Crippen LogP contribution < -0.4 is 4.74 Å². The molecule has 0 amide bonds. The highest BCUT2D eigenvalue weighted by atomic mass is 35.5. The van der Waals surface area contributed by atoms with Crippen molar-refractivity contribution in [3.63, 3.8) is 0 Å². The Morgan fingerprint density at radius 2 is 2.05 bits per heavy atom. The van der Waals surface area contributed by atoms with Crippen LogP contribution in [0.2, 0.25) is 5.15 Å². The number of ether oxygens (including phenoxy) is 1. The van der Waals surface area contributed by atoms with Crippen molar-refractivity contribution in [2.24, 2.45) is 0 Å². The predicted molar refractivity (Wildman–Crippen MR) is 73.5 cm³/mol. The minimum absolute atomic E-state index is 0.432. The first kappa shape index (κ1) is 12.0. The number of aromatic nitrogens is 3. The molecular weight excluding hydrogens is 262 g/mol. The molecule has 2 aromatic heterocycles. The van der Waals surface area contributed by atoms with E-state index in [1.54, 1.807) is 4.52 Å². The number of halogens is 1. The van der Waals surface area contributed by atoms with Gasteiger partial charge in [-0.3, -0.25) is 0 Å². The third-order valence-corrected chi connectivity index (χ3v) is 3.25. The van der Waals surface area contributed by atoms with Gasteiger partial charge in [0.2, 0.25) is 0 Å². The highest BCUT2D eigenvalue weighted by Gasteiger charge is 2.12. The summed E-state index contributed by atoms with van der Waals surface area (Å²) in [6, 6.07) is 10.0. The van der Waals surface area contributed by atoms with E-state index in [2.05, 4.69) is 10.1 Å². The van der Waals surface area contributed by atoms with E-state index in [-0.39, 0.29) is 0 Å². The standard InChI is InChI=1S/C14H12ClN3O/c1-10-12(19-8-11-5-3-2-4-6-11)7-18-13(10)14(15)16-9-17-18/h2-7,9H,8H2,1H3. The van der Waals surface area contributed by atoms with Gasteiger partial charge in [0.15, 0.2) is 5.15 Å². The van der Waals surface area contributed by atoms with Crippen LogP contribution in [0.1, 0.15) is 11.1 Å². The van der Waals surface area contributed by atoms with Gasteiger partial charge in [0.1, 0.15) is 24.2 Å². The number of fused-ring (bicyclic) bond motifs is 1. The molecule has 0 aliphatic rings. The highest BCUT2D eigenvalue weighted by Crippen LogP contribution is 2.28. The molecule has 0 unspecified atom stereocenters. The molecule has 0 atom stereocenters. The smallest absolute Gasteiger partial charge is 0.157 e. The summed E-state index contributed by atoms with van der Waals surface area (Å²) in [4.78, 5) is 3.98. The van der Waals surface area contributed by atoms with E-state index in [0.29, 0.717) is 11.8 Å². The Labute approximate surface area is 115 Å². The molecule has 3 aromatic rings. The topological polar surface area (TPSA) is 39.4 Å². The minimum atomic E-state index is 0.432. The van der Waals surface area contributed by atoms with E-state index in [4.69, 9.17) is 16.3 Å². The molecule has 1 aromatic carbocycles. The fourth-order valence-corrected chi connectivity index (χ4v) is 2.25. The van der Waals surface area contributed by atoms with Gasteiger partial charge in [-0.1, -0.05) is 41.9 Å². The molecule has 4 nitrogen and oxygen atoms in total. The molecule has 0 saturated heterocycles. The number of benzene rings is 1. The molecule has 3 rings (SSSR count). The van der Waals surface area contributed by atoms with Crippen molar-refractivity contribution in [1.82, 2.24) is 14.6 Å². The summed E-state index contributed by atoms with van der Waals surface area (Å²) in [7, 11) is 0. The van der Waals surface area contributed by atoms with Crippen molar-refractivity contribution >= 4 is 17.1 Å². The van der Waals surface area contributed by atoms with E-state index >= 15 is 0 Å². The molecule has 0 fully saturated rings. The summed E-state index contributed by atoms with van der Waals surface area (Å²) in [5.41, 5.74) is 2.85. The van der Waals surface area contributed by atoms with E-state index < -0.39 is 0 Å². The Hall–Kier alpha value is -2.07. The minimum Gasteiger partial charge on any atom is -0.487 e. The van der Waals surface area contributed by atoms with Crippen LogP contribution in [0.4, 0.5) is 0 Å². The quantitative estimate of drug-likeness (QED) is 0.735. The number of hydrogen-bond donors (Lipinski definition) is 0. The summed E-state index contributed by atoms with van der Waals surface area (Å²) < 4.78 is 7.50. The van der Waals surface area contributed by atoms with Gasteiger partial charge in [0.05, 0.1) is 6.20 Å². The Morgan fingerprint density at radius 1 is 1.26 bits per heavy atom. The van der Waals surface area contributed by atoms with Gasteiger partial charge in [0, 0.05) is 5.56 Å². The first-order valence-electron chi connectivity index (χ1n) is 5.91. The first-order chi connectivity index (χ1) is 9.25. The maximum absolute atomic E-state index is 6.07. The average molecular weight is 274 g/mol. The third kappa shape index (κ3) is 2.27. The van der Waals surface area contributed by atoms with E-state index in [0.717, 1.165) is 22.4 Å². The molecule has 0 saturated carbocycles. The lowest BCUT2D eigenvalue weighted by Gasteiger charge is -2.04. The van der Waals surface area contributed by atoms with Crippen molar-refractivity contribution in [3.05, 3.63) is 59.1 Å². The monoisotopic (exact) mass is 273 g/mol. The number of aryl methyl sites for hydroxylation is 1. The second kappa shape index (κ2) is 4.90. The van der Waals surface area contributed by atoms with Crippen LogP contribution >= 0.6 is 11.6 Å².